The Balaban J connectivity index is 1.61. The number of aromatic amines is 1. The van der Waals surface area contributed by atoms with Crippen LogP contribution in [0.15, 0.2) is 35.1 Å². The Morgan fingerprint density at radius 3 is 3.19 bits per heavy atom. The molecule has 0 spiro atoms. The molecule has 3 heterocycles. The van der Waals surface area contributed by atoms with Gasteiger partial charge >= 0.3 is 0 Å². The van der Waals surface area contributed by atoms with Gasteiger partial charge in [0.05, 0.1) is 23.8 Å². The molecule has 0 saturated heterocycles. The Labute approximate surface area is 121 Å². The number of aryl methyl sites for hydroxylation is 1. The van der Waals surface area contributed by atoms with Gasteiger partial charge in [-0.25, -0.2) is 4.98 Å². The van der Waals surface area contributed by atoms with Crippen molar-refractivity contribution < 1.29 is 4.52 Å². The molecule has 1 aliphatic heterocycles. The topological polar surface area (TPSA) is 79.6 Å². The van der Waals surface area contributed by atoms with Crippen LogP contribution in [0.3, 0.4) is 0 Å². The number of imidazole rings is 1. The lowest BCUT2D eigenvalue weighted by molar-refractivity contribution is 0.319. The average Bonchev–Trinajstić information content (AvgIpc) is 3.15. The molecule has 0 radical (unpaired) electrons. The lowest BCUT2D eigenvalue weighted by Gasteiger charge is -2.19. The Bertz CT molecular complexity index is 776. The number of aromatic nitrogens is 4. The van der Waals surface area contributed by atoms with Crippen molar-refractivity contribution in [3.05, 3.63) is 53.4 Å². The Kier molecular flexibility index (Phi) is 2.82. The molecule has 0 unspecified atom stereocenters. The lowest BCUT2D eigenvalue weighted by atomic mass is 10.1. The summed E-state index contributed by atoms with van der Waals surface area (Å²) in [6.45, 7) is 2.79. The molecule has 0 saturated carbocycles. The van der Waals surface area contributed by atoms with E-state index in [9.17, 15) is 0 Å². The van der Waals surface area contributed by atoms with Crippen LogP contribution in [-0.4, -0.2) is 20.1 Å². The van der Waals surface area contributed by atoms with Crippen molar-refractivity contribution in [3.63, 3.8) is 0 Å². The van der Waals surface area contributed by atoms with E-state index in [0.29, 0.717) is 11.7 Å². The van der Waals surface area contributed by atoms with Gasteiger partial charge in [-0.15, -0.1) is 0 Å². The third-order valence-electron chi connectivity index (χ3n) is 3.75. The molecule has 106 valence electrons. The Hall–Kier alpha value is -2.47. The summed E-state index contributed by atoms with van der Waals surface area (Å²) in [4.78, 5) is 12.0. The molecular weight excluding hydrogens is 266 g/mol. The van der Waals surface area contributed by atoms with Crippen molar-refractivity contribution in [2.75, 3.05) is 0 Å². The number of hydrogen-bond acceptors (Lipinski definition) is 5. The zero-order chi connectivity index (χ0) is 14.2. The second-order valence-corrected chi connectivity index (χ2v) is 5.29. The highest BCUT2D eigenvalue weighted by atomic mass is 16.5. The fraction of sp³-hybridized carbons (Fsp3) is 0.267. The maximum absolute atomic E-state index is 5.43. The van der Waals surface area contributed by atoms with E-state index in [-0.39, 0.29) is 6.04 Å². The smallest absolute Gasteiger partial charge is 0.244 e. The van der Waals surface area contributed by atoms with Crippen molar-refractivity contribution in [2.45, 2.75) is 25.9 Å². The number of H-pyrrole nitrogens is 1. The van der Waals surface area contributed by atoms with Crippen molar-refractivity contribution in [2.24, 2.45) is 0 Å². The van der Waals surface area contributed by atoms with Gasteiger partial charge in [0, 0.05) is 18.5 Å². The molecular formula is C15H15N5O. The molecule has 0 bridgehead atoms. The number of fused-ring (bicyclic) bond motifs is 1. The number of rotatable bonds is 2. The molecule has 6 heteroatoms. The van der Waals surface area contributed by atoms with E-state index in [2.05, 4.69) is 31.5 Å². The first-order valence-corrected chi connectivity index (χ1v) is 6.95. The first-order valence-electron chi connectivity index (χ1n) is 6.95. The number of benzene rings is 1. The minimum Gasteiger partial charge on any atom is -0.347 e. The first kappa shape index (κ1) is 12.3. The Morgan fingerprint density at radius 2 is 2.29 bits per heavy atom. The normalized spacial score (nSPS) is 17.7. The maximum atomic E-state index is 5.43. The molecule has 6 nitrogen and oxygen atoms in total. The molecule has 1 atom stereocenters. The summed E-state index contributed by atoms with van der Waals surface area (Å²) in [6.07, 6.45) is 2.48. The lowest BCUT2D eigenvalue weighted by Crippen LogP contribution is -2.28. The van der Waals surface area contributed by atoms with Gasteiger partial charge in [0.15, 0.2) is 0 Å². The SMILES string of the molecule is Cc1cccc(-c2noc([C@@H]3Cc4nc[nH]c4CN3)n2)c1. The van der Waals surface area contributed by atoms with Gasteiger partial charge in [-0.3, -0.25) is 5.32 Å². The highest BCUT2D eigenvalue weighted by Crippen LogP contribution is 2.25. The van der Waals surface area contributed by atoms with E-state index in [1.807, 2.05) is 25.1 Å². The number of nitrogens with zero attached hydrogens (tertiary/aromatic N) is 3. The highest BCUT2D eigenvalue weighted by Gasteiger charge is 2.26. The summed E-state index contributed by atoms with van der Waals surface area (Å²) in [5, 5.41) is 7.48. The largest absolute Gasteiger partial charge is 0.347 e. The van der Waals surface area contributed by atoms with Crippen molar-refractivity contribution in [1.82, 2.24) is 25.4 Å². The van der Waals surface area contributed by atoms with Crippen LogP contribution in [-0.2, 0) is 13.0 Å². The van der Waals surface area contributed by atoms with Gasteiger partial charge in [0.25, 0.3) is 0 Å². The Morgan fingerprint density at radius 1 is 1.33 bits per heavy atom. The van der Waals surface area contributed by atoms with Crippen molar-refractivity contribution in [3.8, 4) is 11.4 Å². The predicted octanol–water partition coefficient (Wildman–Crippen LogP) is 2.16. The number of hydrogen-bond donors (Lipinski definition) is 2. The summed E-state index contributed by atoms with van der Waals surface area (Å²) in [5.41, 5.74) is 4.34. The molecule has 3 aromatic rings. The van der Waals surface area contributed by atoms with E-state index >= 15 is 0 Å². The van der Waals surface area contributed by atoms with Crippen molar-refractivity contribution >= 4 is 0 Å². The van der Waals surface area contributed by atoms with Gasteiger partial charge in [0.2, 0.25) is 11.7 Å². The molecule has 2 aromatic heterocycles. The van der Waals surface area contributed by atoms with Gasteiger partial charge in [-0.1, -0.05) is 28.9 Å². The quantitative estimate of drug-likeness (QED) is 0.752. The molecule has 0 fully saturated rings. The van der Waals surface area contributed by atoms with Crippen LogP contribution in [0.25, 0.3) is 11.4 Å². The zero-order valence-corrected chi connectivity index (χ0v) is 11.6. The van der Waals surface area contributed by atoms with Crippen molar-refractivity contribution in [1.29, 1.82) is 0 Å². The molecule has 0 amide bonds. The van der Waals surface area contributed by atoms with Crippen LogP contribution in [0.4, 0.5) is 0 Å². The van der Waals surface area contributed by atoms with E-state index < -0.39 is 0 Å². The summed E-state index contributed by atoms with van der Waals surface area (Å²) in [5.74, 6) is 1.24. The second-order valence-electron chi connectivity index (χ2n) is 5.29. The van der Waals surface area contributed by atoms with Crippen LogP contribution < -0.4 is 5.32 Å². The molecule has 1 aromatic carbocycles. The van der Waals surface area contributed by atoms with E-state index in [1.54, 1.807) is 6.33 Å². The van der Waals surface area contributed by atoms with Gasteiger partial charge < -0.3 is 9.51 Å². The van der Waals surface area contributed by atoms with Crippen LogP contribution in [0.5, 0.6) is 0 Å². The van der Waals surface area contributed by atoms with Gasteiger partial charge in [-0.05, 0) is 13.0 Å². The minimum atomic E-state index is 0.0202. The van der Waals surface area contributed by atoms with Gasteiger partial charge in [-0.2, -0.15) is 4.98 Å². The van der Waals surface area contributed by atoms with Crippen LogP contribution in [0.1, 0.15) is 28.9 Å². The monoisotopic (exact) mass is 281 g/mol. The predicted molar refractivity (Wildman–Crippen MR) is 76.3 cm³/mol. The van der Waals surface area contributed by atoms with E-state index in [1.165, 1.54) is 5.56 Å². The molecule has 1 aliphatic rings. The maximum Gasteiger partial charge on any atom is 0.244 e. The van der Waals surface area contributed by atoms with Crippen LogP contribution in [0.2, 0.25) is 0 Å². The summed E-state index contributed by atoms with van der Waals surface area (Å²) >= 11 is 0. The molecule has 0 aliphatic carbocycles. The highest BCUT2D eigenvalue weighted by molar-refractivity contribution is 5.55. The van der Waals surface area contributed by atoms with E-state index in [4.69, 9.17) is 4.52 Å². The molecule has 4 rings (SSSR count). The average molecular weight is 281 g/mol. The third kappa shape index (κ3) is 2.23. The summed E-state index contributed by atoms with van der Waals surface area (Å²) < 4.78 is 5.43. The third-order valence-corrected chi connectivity index (χ3v) is 3.75. The fourth-order valence-electron chi connectivity index (χ4n) is 2.62. The number of nitrogens with one attached hydrogen (secondary N) is 2. The standard InChI is InChI=1S/C15H15N5O/c1-9-3-2-4-10(5-9)14-19-15(21-20-14)12-6-11-13(7-16-12)18-8-17-11/h2-5,8,12,16H,6-7H2,1H3,(H,17,18)/t12-/m0/s1. The van der Waals surface area contributed by atoms with E-state index in [0.717, 1.165) is 29.9 Å². The second kappa shape index (κ2) is 4.82. The van der Waals surface area contributed by atoms with Crippen LogP contribution >= 0.6 is 0 Å². The zero-order valence-electron chi connectivity index (χ0n) is 11.6. The van der Waals surface area contributed by atoms with Crippen LogP contribution in [0, 0.1) is 6.92 Å². The molecule has 2 N–H and O–H groups in total. The fourth-order valence-corrected chi connectivity index (χ4v) is 2.62. The minimum absolute atomic E-state index is 0.0202. The van der Waals surface area contributed by atoms with Gasteiger partial charge in [0.1, 0.15) is 0 Å². The summed E-state index contributed by atoms with van der Waals surface area (Å²) in [6, 6.07) is 8.10. The first-order chi connectivity index (χ1) is 10.3. The molecule has 21 heavy (non-hydrogen) atoms. The summed E-state index contributed by atoms with van der Waals surface area (Å²) in [7, 11) is 0.